The first-order valence-electron chi connectivity index (χ1n) is 6.84. The van der Waals surface area contributed by atoms with Gasteiger partial charge in [-0.2, -0.15) is 0 Å². The largest absolute Gasteiger partial charge is 0.446 e. The van der Waals surface area contributed by atoms with Crippen molar-refractivity contribution in [1.29, 1.82) is 0 Å². The molecule has 0 radical (unpaired) electrons. The molecular formula is C15H28N2O. The van der Waals surface area contributed by atoms with Crippen molar-refractivity contribution in [2.45, 2.75) is 66.3 Å². The van der Waals surface area contributed by atoms with Crippen molar-refractivity contribution >= 4 is 0 Å². The summed E-state index contributed by atoms with van der Waals surface area (Å²) in [6.07, 6.45) is 4.79. The van der Waals surface area contributed by atoms with Gasteiger partial charge in [0.05, 0.1) is 6.20 Å². The molecule has 3 heteroatoms. The molecular weight excluding hydrogens is 224 g/mol. The summed E-state index contributed by atoms with van der Waals surface area (Å²) >= 11 is 0. The molecule has 3 nitrogen and oxygen atoms in total. The SMILES string of the molecule is CC(C)(C)Cc1cnc(CCCNC(C)(C)C)o1. The highest BCUT2D eigenvalue weighted by molar-refractivity contribution is 4.97. The summed E-state index contributed by atoms with van der Waals surface area (Å²) in [5, 5.41) is 3.47. The van der Waals surface area contributed by atoms with Gasteiger partial charge in [0, 0.05) is 18.4 Å². The zero-order chi connectivity index (χ0) is 13.8. The molecule has 1 N–H and O–H groups in total. The molecule has 0 aromatic carbocycles. The van der Waals surface area contributed by atoms with Crippen molar-refractivity contribution in [2.24, 2.45) is 5.41 Å². The monoisotopic (exact) mass is 252 g/mol. The van der Waals surface area contributed by atoms with Gasteiger partial charge in [0.1, 0.15) is 5.76 Å². The summed E-state index contributed by atoms with van der Waals surface area (Å²) in [5.74, 6) is 1.87. The molecule has 0 spiro atoms. The number of nitrogens with zero attached hydrogens (tertiary/aromatic N) is 1. The Kier molecular flexibility index (Phi) is 4.97. The highest BCUT2D eigenvalue weighted by Crippen LogP contribution is 2.21. The van der Waals surface area contributed by atoms with Crippen LogP contribution >= 0.6 is 0 Å². The molecule has 0 saturated heterocycles. The number of hydrogen-bond acceptors (Lipinski definition) is 3. The van der Waals surface area contributed by atoms with E-state index in [0.717, 1.165) is 37.5 Å². The van der Waals surface area contributed by atoms with E-state index in [4.69, 9.17) is 4.42 Å². The van der Waals surface area contributed by atoms with Crippen molar-refractivity contribution in [3.8, 4) is 0 Å². The van der Waals surface area contributed by atoms with E-state index >= 15 is 0 Å². The molecule has 0 amide bonds. The van der Waals surface area contributed by atoms with E-state index in [9.17, 15) is 0 Å². The molecule has 0 bridgehead atoms. The molecule has 1 aromatic heterocycles. The van der Waals surface area contributed by atoms with Crippen LogP contribution in [-0.2, 0) is 12.8 Å². The molecule has 1 aromatic rings. The maximum atomic E-state index is 5.75. The Bertz CT molecular complexity index is 355. The lowest BCUT2D eigenvalue weighted by molar-refractivity contribution is 0.349. The van der Waals surface area contributed by atoms with Crippen LogP contribution in [0, 0.1) is 5.41 Å². The van der Waals surface area contributed by atoms with Crippen LogP contribution in [0.2, 0.25) is 0 Å². The summed E-state index contributed by atoms with van der Waals surface area (Å²) < 4.78 is 5.75. The minimum absolute atomic E-state index is 0.188. The van der Waals surface area contributed by atoms with Crippen molar-refractivity contribution in [2.75, 3.05) is 6.54 Å². The van der Waals surface area contributed by atoms with Crippen molar-refractivity contribution in [3.05, 3.63) is 17.8 Å². The van der Waals surface area contributed by atoms with Gasteiger partial charge < -0.3 is 9.73 Å². The summed E-state index contributed by atoms with van der Waals surface area (Å²) in [5.41, 5.74) is 0.443. The Morgan fingerprint density at radius 3 is 2.39 bits per heavy atom. The fraction of sp³-hybridized carbons (Fsp3) is 0.800. The molecule has 18 heavy (non-hydrogen) atoms. The first-order chi connectivity index (χ1) is 8.16. The summed E-state index contributed by atoms with van der Waals surface area (Å²) in [7, 11) is 0. The van der Waals surface area contributed by atoms with Gasteiger partial charge in [-0.3, -0.25) is 0 Å². The molecule has 0 fully saturated rings. The Morgan fingerprint density at radius 2 is 1.83 bits per heavy atom. The predicted octanol–water partition coefficient (Wildman–Crippen LogP) is 3.58. The Hall–Kier alpha value is -0.830. The van der Waals surface area contributed by atoms with Crippen LogP contribution in [0.3, 0.4) is 0 Å². The van der Waals surface area contributed by atoms with Crippen LogP contribution in [-0.4, -0.2) is 17.1 Å². The molecule has 0 atom stereocenters. The lowest BCUT2D eigenvalue weighted by Gasteiger charge is -2.20. The van der Waals surface area contributed by atoms with Crippen molar-refractivity contribution in [1.82, 2.24) is 10.3 Å². The Labute approximate surface area is 111 Å². The number of hydrogen-bond donors (Lipinski definition) is 1. The van der Waals surface area contributed by atoms with E-state index in [-0.39, 0.29) is 11.0 Å². The lowest BCUT2D eigenvalue weighted by atomic mass is 9.91. The third-order valence-electron chi connectivity index (χ3n) is 2.53. The maximum absolute atomic E-state index is 5.75. The van der Waals surface area contributed by atoms with Gasteiger partial charge in [-0.15, -0.1) is 0 Å². The normalized spacial score (nSPS) is 13.0. The van der Waals surface area contributed by atoms with E-state index in [0.29, 0.717) is 0 Å². The molecule has 0 aliphatic rings. The minimum Gasteiger partial charge on any atom is -0.446 e. The number of aromatic nitrogens is 1. The van der Waals surface area contributed by atoms with E-state index < -0.39 is 0 Å². The second kappa shape index (κ2) is 5.87. The molecule has 0 aliphatic heterocycles. The second-order valence-corrected chi connectivity index (χ2v) is 7.24. The van der Waals surface area contributed by atoms with Gasteiger partial charge in [0.25, 0.3) is 0 Å². The Morgan fingerprint density at radius 1 is 1.17 bits per heavy atom. The van der Waals surface area contributed by atoms with Crippen molar-refractivity contribution < 1.29 is 4.42 Å². The average molecular weight is 252 g/mol. The first kappa shape index (κ1) is 15.2. The number of aryl methyl sites for hydroxylation is 1. The smallest absolute Gasteiger partial charge is 0.194 e. The lowest BCUT2D eigenvalue weighted by Crippen LogP contribution is -2.36. The fourth-order valence-electron chi connectivity index (χ4n) is 1.77. The topological polar surface area (TPSA) is 38.1 Å². The number of nitrogens with one attached hydrogen (secondary N) is 1. The second-order valence-electron chi connectivity index (χ2n) is 7.24. The average Bonchev–Trinajstić information content (AvgIpc) is 2.56. The zero-order valence-electron chi connectivity index (χ0n) is 12.8. The summed E-state index contributed by atoms with van der Waals surface area (Å²) in [6, 6.07) is 0. The van der Waals surface area contributed by atoms with E-state index in [1.54, 1.807) is 0 Å². The van der Waals surface area contributed by atoms with Gasteiger partial charge in [0.15, 0.2) is 5.89 Å². The van der Waals surface area contributed by atoms with Crippen LogP contribution in [0.5, 0.6) is 0 Å². The van der Waals surface area contributed by atoms with Crippen LogP contribution < -0.4 is 5.32 Å². The van der Waals surface area contributed by atoms with Crippen LogP contribution in [0.4, 0.5) is 0 Å². The maximum Gasteiger partial charge on any atom is 0.194 e. The van der Waals surface area contributed by atoms with E-state index in [1.165, 1.54) is 0 Å². The van der Waals surface area contributed by atoms with Crippen molar-refractivity contribution in [3.63, 3.8) is 0 Å². The standard InChI is InChI=1S/C15H28N2O/c1-14(2,3)10-12-11-16-13(18-12)8-7-9-17-15(4,5)6/h11,17H,7-10H2,1-6H3. The van der Waals surface area contributed by atoms with Gasteiger partial charge in [-0.05, 0) is 39.2 Å². The van der Waals surface area contributed by atoms with Gasteiger partial charge in [0.2, 0.25) is 0 Å². The Balaban J connectivity index is 2.32. The molecule has 1 heterocycles. The third kappa shape index (κ3) is 6.80. The van der Waals surface area contributed by atoms with Crippen LogP contribution in [0.25, 0.3) is 0 Å². The zero-order valence-corrected chi connectivity index (χ0v) is 12.8. The van der Waals surface area contributed by atoms with Gasteiger partial charge in [-0.25, -0.2) is 4.98 Å². The van der Waals surface area contributed by atoms with Gasteiger partial charge in [-0.1, -0.05) is 20.8 Å². The molecule has 0 saturated carbocycles. The predicted molar refractivity (Wildman–Crippen MR) is 75.7 cm³/mol. The fourth-order valence-corrected chi connectivity index (χ4v) is 1.77. The van der Waals surface area contributed by atoms with Crippen LogP contribution in [0.15, 0.2) is 10.6 Å². The number of oxazole rings is 1. The summed E-state index contributed by atoms with van der Waals surface area (Å²) in [6.45, 7) is 14.2. The molecule has 104 valence electrons. The molecule has 0 aliphatic carbocycles. The third-order valence-corrected chi connectivity index (χ3v) is 2.53. The van der Waals surface area contributed by atoms with E-state index in [1.807, 2.05) is 6.20 Å². The first-order valence-corrected chi connectivity index (χ1v) is 6.84. The summed E-state index contributed by atoms with van der Waals surface area (Å²) in [4.78, 5) is 4.34. The van der Waals surface area contributed by atoms with Crippen LogP contribution in [0.1, 0.15) is 59.6 Å². The van der Waals surface area contributed by atoms with E-state index in [2.05, 4.69) is 51.8 Å². The highest BCUT2D eigenvalue weighted by atomic mass is 16.4. The number of rotatable bonds is 5. The highest BCUT2D eigenvalue weighted by Gasteiger charge is 2.15. The molecule has 1 rings (SSSR count). The minimum atomic E-state index is 0.188. The van der Waals surface area contributed by atoms with Gasteiger partial charge >= 0.3 is 0 Å². The molecule has 0 unspecified atom stereocenters. The quantitative estimate of drug-likeness (QED) is 0.814.